The van der Waals surface area contributed by atoms with Crippen LogP contribution in [0.5, 0.6) is 11.6 Å². The highest BCUT2D eigenvalue weighted by Crippen LogP contribution is 2.20. The topological polar surface area (TPSA) is 63.2 Å². The third kappa shape index (κ3) is 5.81. The summed E-state index contributed by atoms with van der Waals surface area (Å²) in [4.78, 5) is 16.2. The minimum Gasteiger partial charge on any atom is -0.439 e. The van der Waals surface area contributed by atoms with E-state index in [2.05, 4.69) is 15.6 Å². The Bertz CT molecular complexity index is 715. The number of aromatic nitrogens is 1. The van der Waals surface area contributed by atoms with Gasteiger partial charge < -0.3 is 15.4 Å². The smallest absolute Gasteiger partial charge is 0.220 e. The normalized spacial score (nSPS) is 14.8. The van der Waals surface area contributed by atoms with Gasteiger partial charge in [0.15, 0.2) is 0 Å². The number of nitrogens with zero attached hydrogens (tertiary/aromatic N) is 1. The van der Waals surface area contributed by atoms with Crippen LogP contribution >= 0.6 is 0 Å². The first-order valence-electron chi connectivity index (χ1n) is 9.05. The van der Waals surface area contributed by atoms with E-state index in [0.717, 1.165) is 37.9 Å². The van der Waals surface area contributed by atoms with Crippen molar-refractivity contribution in [3.63, 3.8) is 0 Å². The lowest BCUT2D eigenvalue weighted by molar-refractivity contribution is -0.121. The lowest BCUT2D eigenvalue weighted by Gasteiger charge is -2.22. The molecule has 138 valence electrons. The molecule has 1 saturated heterocycles. The van der Waals surface area contributed by atoms with Gasteiger partial charge in [0.25, 0.3) is 0 Å². The zero-order valence-corrected chi connectivity index (χ0v) is 14.7. The first kappa shape index (κ1) is 18.3. The van der Waals surface area contributed by atoms with Crippen LogP contribution in [0.15, 0.2) is 42.6 Å². The fourth-order valence-corrected chi connectivity index (χ4v) is 3.03. The molecule has 2 heterocycles. The van der Waals surface area contributed by atoms with Crippen LogP contribution in [-0.4, -0.2) is 24.0 Å². The Morgan fingerprint density at radius 3 is 2.77 bits per heavy atom. The number of nitrogens with one attached hydrogen (secondary N) is 2. The quantitative estimate of drug-likeness (QED) is 0.797. The number of halogens is 1. The molecule has 0 spiro atoms. The molecule has 0 atom stereocenters. The first-order chi connectivity index (χ1) is 12.7. The van der Waals surface area contributed by atoms with Crippen molar-refractivity contribution in [2.24, 2.45) is 5.92 Å². The molecular formula is C20H24FN3O2. The minimum atomic E-state index is -0.314. The van der Waals surface area contributed by atoms with Gasteiger partial charge in [-0.1, -0.05) is 0 Å². The third-order valence-electron chi connectivity index (χ3n) is 4.56. The molecule has 5 nitrogen and oxygen atoms in total. The molecule has 1 aliphatic heterocycles. The number of piperidine rings is 1. The Balaban J connectivity index is 1.45. The van der Waals surface area contributed by atoms with Crippen molar-refractivity contribution in [1.82, 2.24) is 15.6 Å². The number of benzene rings is 1. The highest BCUT2D eigenvalue weighted by Gasteiger charge is 2.14. The lowest BCUT2D eigenvalue weighted by atomic mass is 9.93. The van der Waals surface area contributed by atoms with E-state index < -0.39 is 0 Å². The standard InChI is InChI=1S/C20H24FN3O2/c21-17-2-4-18(5-3-17)26-20-13-16(9-12-23-20)14-24-19(25)6-1-15-7-10-22-11-8-15/h2-5,9,12-13,15,22H,1,6-8,10-11,14H2,(H,24,25). The van der Waals surface area contributed by atoms with Crippen LogP contribution in [0.4, 0.5) is 4.39 Å². The van der Waals surface area contributed by atoms with Crippen molar-refractivity contribution in [2.75, 3.05) is 13.1 Å². The van der Waals surface area contributed by atoms with E-state index in [0.29, 0.717) is 30.5 Å². The van der Waals surface area contributed by atoms with E-state index in [1.807, 2.05) is 6.07 Å². The summed E-state index contributed by atoms with van der Waals surface area (Å²) in [6.07, 6.45) is 5.45. The maximum absolute atomic E-state index is 12.9. The van der Waals surface area contributed by atoms with Gasteiger partial charge in [-0.25, -0.2) is 9.37 Å². The summed E-state index contributed by atoms with van der Waals surface area (Å²) >= 11 is 0. The van der Waals surface area contributed by atoms with Gasteiger partial charge in [0, 0.05) is 25.2 Å². The highest BCUT2D eigenvalue weighted by molar-refractivity contribution is 5.75. The van der Waals surface area contributed by atoms with Gasteiger partial charge in [0.2, 0.25) is 11.8 Å². The molecule has 0 aliphatic carbocycles. The Kier molecular flexibility index (Phi) is 6.55. The Hall–Kier alpha value is -2.47. The maximum atomic E-state index is 12.9. The molecule has 0 unspecified atom stereocenters. The van der Waals surface area contributed by atoms with Gasteiger partial charge in [0.05, 0.1) is 0 Å². The second-order valence-electron chi connectivity index (χ2n) is 6.57. The predicted octanol–water partition coefficient (Wildman–Crippen LogP) is 3.41. The van der Waals surface area contributed by atoms with Crippen molar-refractivity contribution in [3.05, 3.63) is 54.0 Å². The summed E-state index contributed by atoms with van der Waals surface area (Å²) in [7, 11) is 0. The molecule has 0 saturated carbocycles. The average molecular weight is 357 g/mol. The summed E-state index contributed by atoms with van der Waals surface area (Å²) in [6.45, 7) is 2.55. The molecule has 2 aromatic rings. The van der Waals surface area contributed by atoms with Crippen LogP contribution in [0.2, 0.25) is 0 Å². The fourth-order valence-electron chi connectivity index (χ4n) is 3.03. The van der Waals surface area contributed by atoms with Crippen molar-refractivity contribution >= 4 is 5.91 Å². The van der Waals surface area contributed by atoms with Gasteiger partial charge in [-0.05, 0) is 74.2 Å². The lowest BCUT2D eigenvalue weighted by Crippen LogP contribution is -2.29. The minimum absolute atomic E-state index is 0.0707. The number of hydrogen-bond donors (Lipinski definition) is 2. The van der Waals surface area contributed by atoms with Crippen molar-refractivity contribution in [3.8, 4) is 11.6 Å². The average Bonchev–Trinajstić information content (AvgIpc) is 2.68. The van der Waals surface area contributed by atoms with E-state index in [4.69, 9.17) is 4.74 Å². The van der Waals surface area contributed by atoms with E-state index in [1.54, 1.807) is 24.4 Å². The molecule has 0 radical (unpaired) electrons. The van der Waals surface area contributed by atoms with Crippen LogP contribution in [0.25, 0.3) is 0 Å². The number of hydrogen-bond acceptors (Lipinski definition) is 4. The summed E-state index contributed by atoms with van der Waals surface area (Å²) in [5.41, 5.74) is 0.910. The summed E-state index contributed by atoms with van der Waals surface area (Å²) < 4.78 is 18.5. The van der Waals surface area contributed by atoms with E-state index in [1.165, 1.54) is 12.1 Å². The summed E-state index contributed by atoms with van der Waals surface area (Å²) in [5.74, 6) is 1.34. The molecule has 1 aromatic heterocycles. The number of carbonyl (C=O) groups excluding carboxylic acids is 1. The van der Waals surface area contributed by atoms with Crippen LogP contribution in [0.1, 0.15) is 31.2 Å². The van der Waals surface area contributed by atoms with Crippen molar-refractivity contribution in [1.29, 1.82) is 0 Å². The fraction of sp³-hybridized carbons (Fsp3) is 0.400. The first-order valence-corrected chi connectivity index (χ1v) is 9.05. The van der Waals surface area contributed by atoms with E-state index in [-0.39, 0.29) is 11.7 Å². The molecule has 1 amide bonds. The summed E-state index contributed by atoms with van der Waals surface area (Å²) in [6, 6.07) is 9.38. The second-order valence-corrected chi connectivity index (χ2v) is 6.57. The number of pyridine rings is 1. The molecule has 1 aliphatic rings. The van der Waals surface area contributed by atoms with E-state index >= 15 is 0 Å². The molecule has 1 fully saturated rings. The van der Waals surface area contributed by atoms with Crippen LogP contribution < -0.4 is 15.4 Å². The zero-order valence-electron chi connectivity index (χ0n) is 14.7. The van der Waals surface area contributed by atoms with Gasteiger partial charge >= 0.3 is 0 Å². The van der Waals surface area contributed by atoms with Crippen LogP contribution in [0, 0.1) is 11.7 Å². The molecule has 2 N–H and O–H groups in total. The zero-order chi connectivity index (χ0) is 18.2. The molecule has 1 aromatic carbocycles. The van der Waals surface area contributed by atoms with Crippen LogP contribution in [-0.2, 0) is 11.3 Å². The Morgan fingerprint density at radius 1 is 1.23 bits per heavy atom. The molecular weight excluding hydrogens is 333 g/mol. The number of ether oxygens (including phenoxy) is 1. The Labute approximate surface area is 153 Å². The monoisotopic (exact) mass is 357 g/mol. The van der Waals surface area contributed by atoms with Gasteiger partial charge in [-0.3, -0.25) is 4.79 Å². The number of carbonyl (C=O) groups is 1. The van der Waals surface area contributed by atoms with Crippen LogP contribution in [0.3, 0.4) is 0 Å². The molecule has 26 heavy (non-hydrogen) atoms. The Morgan fingerprint density at radius 2 is 2.00 bits per heavy atom. The van der Waals surface area contributed by atoms with Gasteiger partial charge in [-0.2, -0.15) is 0 Å². The number of amides is 1. The van der Waals surface area contributed by atoms with Crippen molar-refractivity contribution in [2.45, 2.75) is 32.2 Å². The van der Waals surface area contributed by atoms with Crippen molar-refractivity contribution < 1.29 is 13.9 Å². The SMILES string of the molecule is O=C(CCC1CCNCC1)NCc1ccnc(Oc2ccc(F)cc2)c1. The molecule has 0 bridgehead atoms. The molecule has 6 heteroatoms. The van der Waals surface area contributed by atoms with E-state index in [9.17, 15) is 9.18 Å². The van der Waals surface area contributed by atoms with Gasteiger partial charge in [-0.15, -0.1) is 0 Å². The largest absolute Gasteiger partial charge is 0.439 e. The summed E-state index contributed by atoms with van der Waals surface area (Å²) in [5, 5.41) is 6.29. The molecule has 3 rings (SSSR count). The number of rotatable bonds is 7. The highest BCUT2D eigenvalue weighted by atomic mass is 19.1. The predicted molar refractivity (Wildman–Crippen MR) is 97.4 cm³/mol. The van der Waals surface area contributed by atoms with Gasteiger partial charge in [0.1, 0.15) is 11.6 Å². The maximum Gasteiger partial charge on any atom is 0.220 e. The second kappa shape index (κ2) is 9.29. The third-order valence-corrected chi connectivity index (χ3v) is 4.56.